The number of nitrogens with zero attached hydrogens (tertiary/aromatic N) is 1. The van der Waals surface area contributed by atoms with Gasteiger partial charge in [-0.25, -0.2) is 4.98 Å². The summed E-state index contributed by atoms with van der Waals surface area (Å²) in [6.07, 6.45) is 4.49. The van der Waals surface area contributed by atoms with Crippen molar-refractivity contribution in [3.63, 3.8) is 0 Å². The number of rotatable bonds is 5. The van der Waals surface area contributed by atoms with Gasteiger partial charge in [-0.3, -0.25) is 0 Å². The van der Waals surface area contributed by atoms with Crippen molar-refractivity contribution in [2.45, 2.75) is 25.5 Å². The zero-order valence-electron chi connectivity index (χ0n) is 11.4. The number of nitrogens with one attached hydrogen (secondary N) is 1. The van der Waals surface area contributed by atoms with Crippen molar-refractivity contribution in [3.05, 3.63) is 39.4 Å². The molecule has 1 aromatic heterocycles. The van der Waals surface area contributed by atoms with Gasteiger partial charge in [-0.1, -0.05) is 29.3 Å². The highest BCUT2D eigenvalue weighted by molar-refractivity contribution is 7.15. The summed E-state index contributed by atoms with van der Waals surface area (Å²) in [4.78, 5) is 5.44. The van der Waals surface area contributed by atoms with Crippen molar-refractivity contribution in [3.8, 4) is 10.4 Å². The van der Waals surface area contributed by atoms with Crippen LogP contribution in [0, 0.1) is 0 Å². The number of benzene rings is 1. The molecule has 0 amide bonds. The van der Waals surface area contributed by atoms with Gasteiger partial charge in [-0.15, -0.1) is 11.3 Å². The summed E-state index contributed by atoms with van der Waals surface area (Å²) in [5.74, 6) is 0. The summed E-state index contributed by atoms with van der Waals surface area (Å²) in [7, 11) is 0. The molecule has 3 nitrogen and oxygen atoms in total. The van der Waals surface area contributed by atoms with Crippen LogP contribution in [0.1, 0.15) is 17.8 Å². The largest absolute Gasteiger partial charge is 0.377 e. The molecular weight excluding hydrogens is 327 g/mol. The van der Waals surface area contributed by atoms with Crippen LogP contribution >= 0.6 is 34.5 Å². The van der Waals surface area contributed by atoms with Crippen molar-refractivity contribution < 1.29 is 4.74 Å². The number of aromatic nitrogens is 1. The van der Waals surface area contributed by atoms with Crippen LogP contribution in [0.5, 0.6) is 0 Å². The molecule has 2 aromatic rings. The lowest BCUT2D eigenvalue weighted by Crippen LogP contribution is -2.25. The number of hydrogen-bond acceptors (Lipinski definition) is 4. The molecule has 1 aliphatic heterocycles. The lowest BCUT2D eigenvalue weighted by Gasteiger charge is -2.09. The molecule has 0 aliphatic carbocycles. The molecule has 1 saturated heterocycles. The molecule has 1 atom stereocenters. The van der Waals surface area contributed by atoms with E-state index in [1.54, 1.807) is 11.3 Å². The Morgan fingerprint density at radius 2 is 2.14 bits per heavy atom. The standard InChI is InChI=1S/C15H16Cl2N2OS/c16-11-4-1-5-12(17)15(11)13-8-19-14(21-13)9-18-7-10-3-2-6-20-10/h1,4-5,8,10,18H,2-3,6-7,9H2. The Bertz CT molecular complexity index is 591. The molecule has 3 rings (SSSR count). The molecule has 0 saturated carbocycles. The van der Waals surface area contributed by atoms with Gasteiger partial charge < -0.3 is 10.1 Å². The molecule has 112 valence electrons. The minimum atomic E-state index is 0.349. The smallest absolute Gasteiger partial charge is 0.107 e. The number of hydrogen-bond donors (Lipinski definition) is 1. The topological polar surface area (TPSA) is 34.2 Å². The SMILES string of the molecule is Clc1cccc(Cl)c1-c1cnc(CNCC2CCCO2)s1. The van der Waals surface area contributed by atoms with Gasteiger partial charge in [0, 0.05) is 31.5 Å². The van der Waals surface area contributed by atoms with Crippen LogP contribution < -0.4 is 5.32 Å². The summed E-state index contributed by atoms with van der Waals surface area (Å²) in [5, 5.41) is 5.74. The fourth-order valence-electron chi connectivity index (χ4n) is 2.39. The van der Waals surface area contributed by atoms with Crippen LogP contribution in [0.25, 0.3) is 10.4 Å². The third-order valence-corrected chi connectivity index (χ3v) is 5.08. The third-order valence-electron chi connectivity index (χ3n) is 3.43. The van der Waals surface area contributed by atoms with Crippen LogP contribution in [-0.4, -0.2) is 24.2 Å². The van der Waals surface area contributed by atoms with Gasteiger partial charge in [0.25, 0.3) is 0 Å². The number of ether oxygens (including phenoxy) is 1. The molecule has 0 bridgehead atoms. The van der Waals surface area contributed by atoms with E-state index in [1.165, 1.54) is 6.42 Å². The van der Waals surface area contributed by atoms with E-state index >= 15 is 0 Å². The van der Waals surface area contributed by atoms with Crippen LogP contribution in [-0.2, 0) is 11.3 Å². The Labute approximate surface area is 138 Å². The Morgan fingerprint density at radius 1 is 1.33 bits per heavy atom. The van der Waals surface area contributed by atoms with Gasteiger partial charge in [-0.05, 0) is 25.0 Å². The van der Waals surface area contributed by atoms with Gasteiger partial charge >= 0.3 is 0 Å². The van der Waals surface area contributed by atoms with Crippen molar-refractivity contribution in [2.24, 2.45) is 0 Å². The predicted molar refractivity (Wildman–Crippen MR) is 88.3 cm³/mol. The zero-order chi connectivity index (χ0) is 14.7. The minimum Gasteiger partial charge on any atom is -0.377 e. The summed E-state index contributed by atoms with van der Waals surface area (Å²) >= 11 is 14.1. The van der Waals surface area contributed by atoms with E-state index in [0.29, 0.717) is 16.1 Å². The first-order valence-corrected chi connectivity index (χ1v) is 8.52. The highest BCUT2D eigenvalue weighted by Gasteiger charge is 2.15. The maximum absolute atomic E-state index is 6.23. The first-order valence-electron chi connectivity index (χ1n) is 6.95. The molecule has 1 N–H and O–H groups in total. The van der Waals surface area contributed by atoms with Crippen molar-refractivity contribution in [1.82, 2.24) is 10.3 Å². The Hall–Kier alpha value is -0.650. The van der Waals surface area contributed by atoms with Gasteiger partial charge in [0.05, 0.1) is 21.0 Å². The first kappa shape index (κ1) is 15.3. The van der Waals surface area contributed by atoms with Crippen LogP contribution in [0.2, 0.25) is 10.0 Å². The number of thiazole rings is 1. The maximum Gasteiger partial charge on any atom is 0.107 e. The molecule has 1 unspecified atom stereocenters. The Morgan fingerprint density at radius 3 is 2.86 bits per heavy atom. The van der Waals surface area contributed by atoms with Crippen LogP contribution in [0.3, 0.4) is 0 Å². The van der Waals surface area contributed by atoms with Gasteiger partial charge in [0.1, 0.15) is 5.01 Å². The van der Waals surface area contributed by atoms with Gasteiger partial charge in [0.2, 0.25) is 0 Å². The van der Waals surface area contributed by atoms with Crippen molar-refractivity contribution >= 4 is 34.5 Å². The second kappa shape index (κ2) is 7.07. The number of halogens is 2. The molecule has 1 fully saturated rings. The minimum absolute atomic E-state index is 0.349. The molecule has 6 heteroatoms. The maximum atomic E-state index is 6.23. The Balaban J connectivity index is 1.63. The summed E-state index contributed by atoms with van der Waals surface area (Å²) in [6.45, 7) is 2.51. The lowest BCUT2D eigenvalue weighted by atomic mass is 10.2. The van der Waals surface area contributed by atoms with E-state index in [9.17, 15) is 0 Å². The van der Waals surface area contributed by atoms with Crippen molar-refractivity contribution in [2.75, 3.05) is 13.2 Å². The highest BCUT2D eigenvalue weighted by Crippen LogP contribution is 2.37. The molecule has 21 heavy (non-hydrogen) atoms. The van der Waals surface area contributed by atoms with E-state index in [1.807, 2.05) is 24.4 Å². The van der Waals surface area contributed by atoms with E-state index < -0.39 is 0 Å². The molecular formula is C15H16Cl2N2OS. The quantitative estimate of drug-likeness (QED) is 0.875. The van der Waals surface area contributed by atoms with Gasteiger partial charge in [-0.2, -0.15) is 0 Å². The monoisotopic (exact) mass is 342 g/mol. The first-order chi connectivity index (χ1) is 10.2. The average molecular weight is 343 g/mol. The summed E-state index contributed by atoms with van der Waals surface area (Å²) in [5.41, 5.74) is 0.865. The molecule has 1 aromatic carbocycles. The summed E-state index contributed by atoms with van der Waals surface area (Å²) in [6, 6.07) is 5.54. The van der Waals surface area contributed by atoms with E-state index in [2.05, 4.69) is 10.3 Å². The fourth-order valence-corrected chi connectivity index (χ4v) is 4.06. The molecule has 0 spiro atoms. The third kappa shape index (κ3) is 3.76. The average Bonchev–Trinajstić information content (AvgIpc) is 3.11. The van der Waals surface area contributed by atoms with Crippen LogP contribution in [0.4, 0.5) is 0 Å². The van der Waals surface area contributed by atoms with Crippen molar-refractivity contribution in [1.29, 1.82) is 0 Å². The molecule has 0 radical (unpaired) electrons. The zero-order valence-corrected chi connectivity index (χ0v) is 13.8. The van der Waals surface area contributed by atoms with Gasteiger partial charge in [0.15, 0.2) is 0 Å². The predicted octanol–water partition coefficient (Wildman–Crippen LogP) is 4.39. The summed E-state index contributed by atoms with van der Waals surface area (Å²) < 4.78 is 5.58. The van der Waals surface area contributed by atoms with E-state index in [4.69, 9.17) is 27.9 Å². The normalized spacial score (nSPS) is 18.3. The lowest BCUT2D eigenvalue weighted by molar-refractivity contribution is 0.110. The Kier molecular flexibility index (Phi) is 5.14. The fraction of sp³-hybridized carbons (Fsp3) is 0.400. The molecule has 2 heterocycles. The van der Waals surface area contributed by atoms with E-state index in [0.717, 1.165) is 41.6 Å². The molecule has 1 aliphatic rings. The highest BCUT2D eigenvalue weighted by atomic mass is 35.5. The van der Waals surface area contributed by atoms with Crippen LogP contribution in [0.15, 0.2) is 24.4 Å². The second-order valence-electron chi connectivity index (χ2n) is 4.98. The van der Waals surface area contributed by atoms with E-state index in [-0.39, 0.29) is 0 Å². The second-order valence-corrected chi connectivity index (χ2v) is 6.91.